The van der Waals surface area contributed by atoms with Gasteiger partial charge in [0.1, 0.15) is 12.2 Å². The molecule has 1 N–H and O–H groups in total. The predicted octanol–water partition coefficient (Wildman–Crippen LogP) is 0.844. The molecule has 2 aliphatic rings. The van der Waals surface area contributed by atoms with E-state index in [1.165, 1.54) is 39.0 Å². The van der Waals surface area contributed by atoms with Gasteiger partial charge in [0, 0.05) is 20.1 Å². The minimum atomic E-state index is 0. The monoisotopic (exact) mass is 293 g/mol. The third-order valence-electron chi connectivity index (χ3n) is 4.02. The van der Waals surface area contributed by atoms with E-state index >= 15 is 0 Å². The van der Waals surface area contributed by atoms with Crippen LogP contribution < -0.4 is 5.32 Å². The molecule has 1 spiro atoms. The molecule has 3 heterocycles. The summed E-state index contributed by atoms with van der Waals surface area (Å²) in [4.78, 5) is 6.80. The molecule has 0 aliphatic carbocycles. The number of rotatable bonds is 2. The number of aromatic nitrogens is 3. The summed E-state index contributed by atoms with van der Waals surface area (Å²) in [6.45, 7) is 5.75. The summed E-state index contributed by atoms with van der Waals surface area (Å²) < 4.78 is 1.87. The highest BCUT2D eigenvalue weighted by Crippen LogP contribution is 2.36. The first-order chi connectivity index (χ1) is 7.77. The van der Waals surface area contributed by atoms with Crippen LogP contribution in [0.3, 0.4) is 0 Å². The second kappa shape index (κ2) is 6.19. The van der Waals surface area contributed by atoms with Crippen LogP contribution in [0.5, 0.6) is 0 Å². The van der Waals surface area contributed by atoms with Crippen molar-refractivity contribution in [1.29, 1.82) is 0 Å². The number of likely N-dealkylation sites (tertiary alicyclic amines) is 1. The molecule has 0 bridgehead atoms. The molecule has 0 aromatic carbocycles. The Morgan fingerprint density at radius 2 is 2.22 bits per heavy atom. The van der Waals surface area contributed by atoms with Crippen LogP contribution in [-0.2, 0) is 13.6 Å². The van der Waals surface area contributed by atoms with E-state index in [1.54, 1.807) is 6.33 Å². The summed E-state index contributed by atoms with van der Waals surface area (Å²) in [6.07, 6.45) is 4.30. The van der Waals surface area contributed by atoms with Gasteiger partial charge in [-0.15, -0.1) is 24.8 Å². The number of halogens is 2. The molecule has 104 valence electrons. The standard InChI is InChI=1S/C11H19N5.2ClH/c1-15-10(13-9-14-15)6-16-5-3-11(8-16)2-4-12-7-11;;/h9,12H,2-8H2,1H3;2*1H. The van der Waals surface area contributed by atoms with Crippen LogP contribution >= 0.6 is 24.8 Å². The van der Waals surface area contributed by atoms with Gasteiger partial charge in [-0.25, -0.2) is 4.98 Å². The van der Waals surface area contributed by atoms with Crippen molar-refractivity contribution in [1.82, 2.24) is 25.0 Å². The largest absolute Gasteiger partial charge is 0.316 e. The van der Waals surface area contributed by atoms with Gasteiger partial charge in [-0.05, 0) is 31.3 Å². The number of nitrogens with one attached hydrogen (secondary N) is 1. The van der Waals surface area contributed by atoms with Crippen LogP contribution in [0.2, 0.25) is 0 Å². The third kappa shape index (κ3) is 2.96. The van der Waals surface area contributed by atoms with E-state index in [4.69, 9.17) is 0 Å². The van der Waals surface area contributed by atoms with Crippen molar-refractivity contribution in [2.75, 3.05) is 26.2 Å². The molecule has 1 unspecified atom stereocenters. The van der Waals surface area contributed by atoms with Gasteiger partial charge in [-0.3, -0.25) is 9.58 Å². The Balaban J connectivity index is 0.000000810. The molecule has 18 heavy (non-hydrogen) atoms. The second-order valence-electron chi connectivity index (χ2n) is 5.19. The zero-order valence-electron chi connectivity index (χ0n) is 10.6. The molecule has 0 amide bonds. The fraction of sp³-hybridized carbons (Fsp3) is 0.818. The minimum Gasteiger partial charge on any atom is -0.316 e. The van der Waals surface area contributed by atoms with Gasteiger partial charge >= 0.3 is 0 Å². The van der Waals surface area contributed by atoms with E-state index in [9.17, 15) is 0 Å². The molecule has 1 aromatic heterocycles. The molecule has 2 aliphatic heterocycles. The highest BCUT2D eigenvalue weighted by atomic mass is 35.5. The summed E-state index contributed by atoms with van der Waals surface area (Å²) >= 11 is 0. The van der Waals surface area contributed by atoms with Crippen molar-refractivity contribution in [3.05, 3.63) is 12.2 Å². The molecule has 0 saturated carbocycles. The lowest BCUT2D eigenvalue weighted by molar-refractivity contribution is 0.261. The first-order valence-electron chi connectivity index (χ1n) is 6.03. The van der Waals surface area contributed by atoms with Gasteiger partial charge in [-0.2, -0.15) is 5.10 Å². The summed E-state index contributed by atoms with van der Waals surface area (Å²) in [5, 5.41) is 7.60. The van der Waals surface area contributed by atoms with Gasteiger partial charge in [0.15, 0.2) is 0 Å². The van der Waals surface area contributed by atoms with E-state index in [2.05, 4.69) is 20.3 Å². The average molecular weight is 294 g/mol. The van der Waals surface area contributed by atoms with Gasteiger partial charge in [0.25, 0.3) is 0 Å². The molecule has 2 fully saturated rings. The highest BCUT2D eigenvalue weighted by molar-refractivity contribution is 5.85. The SMILES string of the molecule is Cl.Cl.Cn1ncnc1CN1CCC2(CCNC2)C1. The highest BCUT2D eigenvalue weighted by Gasteiger charge is 2.40. The van der Waals surface area contributed by atoms with Crippen LogP contribution in [0, 0.1) is 5.41 Å². The second-order valence-corrected chi connectivity index (χ2v) is 5.19. The Hall–Kier alpha value is -0.360. The van der Waals surface area contributed by atoms with Crippen LogP contribution in [-0.4, -0.2) is 45.8 Å². The summed E-state index contributed by atoms with van der Waals surface area (Å²) in [6, 6.07) is 0. The lowest BCUT2D eigenvalue weighted by Gasteiger charge is -2.22. The molecule has 0 radical (unpaired) electrons. The van der Waals surface area contributed by atoms with E-state index in [0.717, 1.165) is 12.4 Å². The lowest BCUT2D eigenvalue weighted by Crippen LogP contribution is -2.29. The zero-order chi connectivity index (χ0) is 11.0. The average Bonchev–Trinajstić information content (AvgIpc) is 2.96. The maximum atomic E-state index is 4.29. The predicted molar refractivity (Wildman–Crippen MR) is 75.3 cm³/mol. The number of aryl methyl sites for hydroxylation is 1. The molecule has 1 atom stereocenters. The quantitative estimate of drug-likeness (QED) is 0.878. The summed E-state index contributed by atoms with van der Waals surface area (Å²) in [7, 11) is 1.96. The van der Waals surface area contributed by atoms with Gasteiger partial charge in [-0.1, -0.05) is 0 Å². The van der Waals surface area contributed by atoms with E-state index in [0.29, 0.717) is 5.41 Å². The van der Waals surface area contributed by atoms with Crippen molar-refractivity contribution in [3.8, 4) is 0 Å². The van der Waals surface area contributed by atoms with E-state index in [1.807, 2.05) is 11.7 Å². The molecular formula is C11H21Cl2N5. The zero-order valence-corrected chi connectivity index (χ0v) is 12.3. The topological polar surface area (TPSA) is 46.0 Å². The Kier molecular flexibility index (Phi) is 5.40. The molecular weight excluding hydrogens is 273 g/mol. The Morgan fingerprint density at radius 3 is 2.83 bits per heavy atom. The molecule has 2 saturated heterocycles. The summed E-state index contributed by atoms with van der Waals surface area (Å²) in [5.41, 5.74) is 0.554. The maximum absolute atomic E-state index is 4.29. The van der Waals surface area contributed by atoms with E-state index in [-0.39, 0.29) is 24.8 Å². The fourth-order valence-electron chi connectivity index (χ4n) is 2.97. The van der Waals surface area contributed by atoms with Gasteiger partial charge < -0.3 is 5.32 Å². The summed E-state index contributed by atoms with van der Waals surface area (Å²) in [5.74, 6) is 1.07. The Morgan fingerprint density at radius 1 is 1.39 bits per heavy atom. The van der Waals surface area contributed by atoms with Crippen molar-refractivity contribution in [3.63, 3.8) is 0 Å². The van der Waals surface area contributed by atoms with Crippen LogP contribution in [0.15, 0.2) is 6.33 Å². The number of nitrogens with zero attached hydrogens (tertiary/aromatic N) is 4. The fourth-order valence-corrected chi connectivity index (χ4v) is 2.97. The molecule has 7 heteroatoms. The third-order valence-corrected chi connectivity index (χ3v) is 4.02. The van der Waals surface area contributed by atoms with Crippen LogP contribution in [0.4, 0.5) is 0 Å². The van der Waals surface area contributed by atoms with Crippen molar-refractivity contribution < 1.29 is 0 Å². The number of hydrogen-bond donors (Lipinski definition) is 1. The van der Waals surface area contributed by atoms with Crippen molar-refractivity contribution in [2.24, 2.45) is 12.5 Å². The van der Waals surface area contributed by atoms with E-state index < -0.39 is 0 Å². The normalized spacial score (nSPS) is 27.2. The number of hydrogen-bond acceptors (Lipinski definition) is 4. The van der Waals surface area contributed by atoms with Gasteiger partial charge in [0.2, 0.25) is 0 Å². The molecule has 1 aromatic rings. The maximum Gasteiger partial charge on any atom is 0.140 e. The molecule has 5 nitrogen and oxygen atoms in total. The Labute approximate surface area is 120 Å². The molecule has 3 rings (SSSR count). The van der Waals surface area contributed by atoms with Crippen LogP contribution in [0.25, 0.3) is 0 Å². The smallest absolute Gasteiger partial charge is 0.140 e. The first kappa shape index (κ1) is 15.7. The Bertz CT molecular complexity index is 375. The van der Waals surface area contributed by atoms with Gasteiger partial charge in [0.05, 0.1) is 6.54 Å². The first-order valence-corrected chi connectivity index (χ1v) is 6.03. The van der Waals surface area contributed by atoms with Crippen molar-refractivity contribution in [2.45, 2.75) is 19.4 Å². The minimum absolute atomic E-state index is 0. The van der Waals surface area contributed by atoms with Crippen LogP contribution in [0.1, 0.15) is 18.7 Å². The lowest BCUT2D eigenvalue weighted by atomic mass is 9.87. The van der Waals surface area contributed by atoms with Crippen molar-refractivity contribution >= 4 is 24.8 Å².